The van der Waals surface area contributed by atoms with E-state index in [1.54, 1.807) is 30.8 Å². The molecule has 3 nitrogen and oxygen atoms in total. The van der Waals surface area contributed by atoms with Gasteiger partial charge in [-0.15, -0.1) is 0 Å². The fourth-order valence-electron chi connectivity index (χ4n) is 1.73. The van der Waals surface area contributed by atoms with Crippen LogP contribution in [0, 0.1) is 12.7 Å². The standard InChI is InChI=1S/C12H13ClFN3/c1-7-3-4-8(5-10(7)14)11(15)12-9(13)6-16-17(12)2/h3-6,11H,15H2,1-2H3. The van der Waals surface area contributed by atoms with Gasteiger partial charge in [0, 0.05) is 7.05 Å². The molecule has 1 atom stereocenters. The minimum absolute atomic E-state index is 0.267. The molecule has 0 aliphatic carbocycles. The number of hydrogen-bond acceptors (Lipinski definition) is 2. The Balaban J connectivity index is 2.43. The summed E-state index contributed by atoms with van der Waals surface area (Å²) in [4.78, 5) is 0. The average molecular weight is 254 g/mol. The lowest BCUT2D eigenvalue weighted by Crippen LogP contribution is -2.16. The van der Waals surface area contributed by atoms with Gasteiger partial charge in [0.05, 0.1) is 23.0 Å². The van der Waals surface area contributed by atoms with E-state index in [0.29, 0.717) is 21.8 Å². The molecule has 2 rings (SSSR count). The maximum Gasteiger partial charge on any atom is 0.126 e. The van der Waals surface area contributed by atoms with E-state index >= 15 is 0 Å². The van der Waals surface area contributed by atoms with Crippen molar-refractivity contribution in [3.05, 3.63) is 52.1 Å². The van der Waals surface area contributed by atoms with Gasteiger partial charge in [0.2, 0.25) is 0 Å². The second-order valence-corrected chi connectivity index (χ2v) is 4.39. The summed E-state index contributed by atoms with van der Waals surface area (Å²) < 4.78 is 15.1. The van der Waals surface area contributed by atoms with E-state index in [9.17, 15) is 4.39 Å². The van der Waals surface area contributed by atoms with Gasteiger partial charge < -0.3 is 5.73 Å². The lowest BCUT2D eigenvalue weighted by molar-refractivity contribution is 0.611. The average Bonchev–Trinajstić information content (AvgIpc) is 2.62. The zero-order valence-electron chi connectivity index (χ0n) is 9.61. The van der Waals surface area contributed by atoms with Crippen LogP contribution in [0.2, 0.25) is 5.02 Å². The van der Waals surface area contributed by atoms with Crippen LogP contribution in [0.1, 0.15) is 22.9 Å². The number of nitrogens with two attached hydrogens (primary N) is 1. The van der Waals surface area contributed by atoms with Crippen LogP contribution in [0.25, 0.3) is 0 Å². The molecular formula is C12H13ClFN3. The predicted octanol–water partition coefficient (Wildman–Crippen LogP) is 2.57. The second kappa shape index (κ2) is 4.47. The number of halogens is 2. The molecule has 0 spiro atoms. The number of rotatable bonds is 2. The number of nitrogens with zero attached hydrogens (tertiary/aromatic N) is 2. The third-order valence-corrected chi connectivity index (χ3v) is 3.08. The summed E-state index contributed by atoms with van der Waals surface area (Å²) in [6, 6.07) is 4.45. The molecule has 0 saturated heterocycles. The van der Waals surface area contributed by atoms with Crippen molar-refractivity contribution in [1.29, 1.82) is 0 Å². The van der Waals surface area contributed by atoms with E-state index in [1.165, 1.54) is 12.3 Å². The van der Waals surface area contributed by atoms with Crippen molar-refractivity contribution in [2.75, 3.05) is 0 Å². The van der Waals surface area contributed by atoms with Crippen molar-refractivity contribution < 1.29 is 4.39 Å². The molecule has 5 heteroatoms. The fourth-order valence-corrected chi connectivity index (χ4v) is 2.01. The maximum atomic E-state index is 13.5. The van der Waals surface area contributed by atoms with Crippen molar-refractivity contribution in [3.63, 3.8) is 0 Å². The topological polar surface area (TPSA) is 43.8 Å². The summed E-state index contributed by atoms with van der Waals surface area (Å²) >= 11 is 6.00. The Kier molecular flexibility index (Phi) is 3.17. The smallest absolute Gasteiger partial charge is 0.126 e. The Morgan fingerprint density at radius 3 is 2.71 bits per heavy atom. The first kappa shape index (κ1) is 12.1. The van der Waals surface area contributed by atoms with Crippen molar-refractivity contribution >= 4 is 11.6 Å². The first-order valence-corrected chi connectivity index (χ1v) is 5.57. The Morgan fingerprint density at radius 2 is 2.18 bits per heavy atom. The Morgan fingerprint density at radius 1 is 1.47 bits per heavy atom. The second-order valence-electron chi connectivity index (χ2n) is 3.99. The maximum absolute atomic E-state index is 13.5. The molecule has 1 heterocycles. The predicted molar refractivity (Wildman–Crippen MR) is 65.4 cm³/mol. The van der Waals surface area contributed by atoms with Crippen LogP contribution in [-0.2, 0) is 7.05 Å². The molecule has 1 aromatic heterocycles. The van der Waals surface area contributed by atoms with Gasteiger partial charge in [-0.1, -0.05) is 23.7 Å². The lowest BCUT2D eigenvalue weighted by Gasteiger charge is -2.14. The molecule has 90 valence electrons. The highest BCUT2D eigenvalue weighted by Crippen LogP contribution is 2.26. The quantitative estimate of drug-likeness (QED) is 0.894. The highest BCUT2D eigenvalue weighted by atomic mass is 35.5. The monoisotopic (exact) mass is 253 g/mol. The number of hydrogen-bond donors (Lipinski definition) is 1. The van der Waals surface area contributed by atoms with E-state index in [0.717, 1.165) is 0 Å². The highest BCUT2D eigenvalue weighted by molar-refractivity contribution is 6.31. The third kappa shape index (κ3) is 2.18. The van der Waals surface area contributed by atoms with Gasteiger partial charge in [0.1, 0.15) is 5.82 Å². The van der Waals surface area contributed by atoms with Crippen LogP contribution in [-0.4, -0.2) is 9.78 Å². The summed E-state index contributed by atoms with van der Waals surface area (Å²) in [6.45, 7) is 1.71. The Bertz CT molecular complexity index is 531. The molecule has 0 fully saturated rings. The van der Waals surface area contributed by atoms with Crippen molar-refractivity contribution in [2.45, 2.75) is 13.0 Å². The highest BCUT2D eigenvalue weighted by Gasteiger charge is 2.17. The SMILES string of the molecule is Cc1ccc(C(N)c2c(Cl)cnn2C)cc1F. The van der Waals surface area contributed by atoms with E-state index in [4.69, 9.17) is 17.3 Å². The minimum Gasteiger partial charge on any atom is -0.319 e. The molecule has 0 bridgehead atoms. The van der Waals surface area contributed by atoms with Crippen LogP contribution in [0.15, 0.2) is 24.4 Å². The van der Waals surface area contributed by atoms with Crippen LogP contribution >= 0.6 is 11.6 Å². The van der Waals surface area contributed by atoms with Crippen molar-refractivity contribution in [2.24, 2.45) is 12.8 Å². The number of benzene rings is 1. The van der Waals surface area contributed by atoms with Gasteiger partial charge in [-0.05, 0) is 24.1 Å². The zero-order chi connectivity index (χ0) is 12.6. The molecule has 0 saturated carbocycles. The van der Waals surface area contributed by atoms with Crippen molar-refractivity contribution in [3.8, 4) is 0 Å². The van der Waals surface area contributed by atoms with Gasteiger partial charge in [-0.2, -0.15) is 5.10 Å². The van der Waals surface area contributed by atoms with Gasteiger partial charge in [0.15, 0.2) is 0 Å². The molecular weight excluding hydrogens is 241 g/mol. The van der Waals surface area contributed by atoms with Crippen LogP contribution in [0.5, 0.6) is 0 Å². The lowest BCUT2D eigenvalue weighted by atomic mass is 10.0. The third-order valence-electron chi connectivity index (χ3n) is 2.79. The summed E-state index contributed by atoms with van der Waals surface area (Å²) in [5, 5.41) is 4.50. The van der Waals surface area contributed by atoms with Crippen LogP contribution in [0.4, 0.5) is 4.39 Å². The normalized spacial score (nSPS) is 12.8. The molecule has 1 unspecified atom stereocenters. The number of aryl methyl sites for hydroxylation is 2. The van der Waals surface area contributed by atoms with Gasteiger partial charge >= 0.3 is 0 Å². The molecule has 2 aromatic rings. The summed E-state index contributed by atoms with van der Waals surface area (Å²) in [7, 11) is 1.76. The molecule has 0 aliphatic heterocycles. The first-order valence-electron chi connectivity index (χ1n) is 5.19. The largest absolute Gasteiger partial charge is 0.319 e. The summed E-state index contributed by atoms with van der Waals surface area (Å²) in [6.07, 6.45) is 1.53. The summed E-state index contributed by atoms with van der Waals surface area (Å²) in [5.74, 6) is -0.267. The Hall–Kier alpha value is -1.39. The van der Waals surface area contributed by atoms with Crippen molar-refractivity contribution in [1.82, 2.24) is 9.78 Å². The number of aromatic nitrogens is 2. The van der Waals surface area contributed by atoms with Gasteiger partial charge in [-0.3, -0.25) is 4.68 Å². The zero-order valence-corrected chi connectivity index (χ0v) is 10.4. The molecule has 2 N–H and O–H groups in total. The van der Waals surface area contributed by atoms with E-state index in [1.807, 2.05) is 0 Å². The first-order chi connectivity index (χ1) is 8.00. The van der Waals surface area contributed by atoms with E-state index in [2.05, 4.69) is 5.10 Å². The van der Waals surface area contributed by atoms with E-state index < -0.39 is 6.04 Å². The van der Waals surface area contributed by atoms with E-state index in [-0.39, 0.29) is 5.82 Å². The van der Waals surface area contributed by atoms with Gasteiger partial charge in [-0.25, -0.2) is 4.39 Å². The minimum atomic E-state index is -0.481. The fraction of sp³-hybridized carbons (Fsp3) is 0.250. The molecule has 0 amide bonds. The Labute approximate surface area is 104 Å². The molecule has 0 aliphatic rings. The molecule has 17 heavy (non-hydrogen) atoms. The molecule has 0 radical (unpaired) electrons. The molecule has 1 aromatic carbocycles. The van der Waals surface area contributed by atoms with Crippen LogP contribution < -0.4 is 5.73 Å². The van der Waals surface area contributed by atoms with Gasteiger partial charge in [0.25, 0.3) is 0 Å². The summed E-state index contributed by atoms with van der Waals surface area (Å²) in [5.41, 5.74) is 8.02. The van der Waals surface area contributed by atoms with Crippen LogP contribution in [0.3, 0.4) is 0 Å².